The van der Waals surface area contributed by atoms with Crippen molar-refractivity contribution >= 4 is 23.6 Å². The number of methoxy groups -OCH3 is 1. The number of nitriles is 1. The van der Waals surface area contributed by atoms with Crippen molar-refractivity contribution in [3.8, 4) is 11.8 Å². The lowest BCUT2D eigenvalue weighted by molar-refractivity contribution is -0.112. The van der Waals surface area contributed by atoms with Crippen molar-refractivity contribution in [2.75, 3.05) is 12.4 Å². The smallest absolute Gasteiger partial charge is 0.337 e. The minimum Gasteiger partial charge on any atom is -0.496 e. The molecule has 2 rings (SSSR count). The Labute approximate surface area is 138 Å². The third-order valence-electron chi connectivity index (χ3n) is 3.21. The summed E-state index contributed by atoms with van der Waals surface area (Å²) < 4.78 is 5.18. The summed E-state index contributed by atoms with van der Waals surface area (Å²) in [5, 5.41) is 20.8. The van der Waals surface area contributed by atoms with E-state index >= 15 is 0 Å². The number of benzene rings is 2. The Morgan fingerprint density at radius 1 is 1.17 bits per heavy atom. The van der Waals surface area contributed by atoms with Crippen LogP contribution in [-0.2, 0) is 4.79 Å². The fraction of sp³-hybridized carbons (Fsp3) is 0.0556. The molecule has 0 spiro atoms. The summed E-state index contributed by atoms with van der Waals surface area (Å²) in [6, 6.07) is 14.7. The summed E-state index contributed by atoms with van der Waals surface area (Å²) in [5.41, 5.74) is 0.467. The molecule has 0 saturated carbocycles. The highest BCUT2D eigenvalue weighted by atomic mass is 16.5. The first kappa shape index (κ1) is 16.8. The number of carboxylic acid groups (broad SMARTS) is 1. The maximum Gasteiger partial charge on any atom is 0.337 e. The molecule has 6 heteroatoms. The molecule has 0 saturated heterocycles. The van der Waals surface area contributed by atoms with Gasteiger partial charge in [-0.05, 0) is 24.3 Å². The monoisotopic (exact) mass is 322 g/mol. The minimum atomic E-state index is -1.17. The first-order chi connectivity index (χ1) is 11.6. The second kappa shape index (κ2) is 7.61. The Bertz CT molecular complexity index is 850. The molecule has 0 fully saturated rings. The molecule has 2 aromatic carbocycles. The molecule has 0 radical (unpaired) electrons. The van der Waals surface area contributed by atoms with Crippen LogP contribution in [0.2, 0.25) is 0 Å². The molecule has 1 amide bonds. The fourth-order valence-corrected chi connectivity index (χ4v) is 2.06. The molecule has 0 aliphatic rings. The molecule has 2 N–H and O–H groups in total. The molecular weight excluding hydrogens is 308 g/mol. The van der Waals surface area contributed by atoms with E-state index in [9.17, 15) is 14.9 Å². The van der Waals surface area contributed by atoms with E-state index in [1.54, 1.807) is 36.4 Å². The van der Waals surface area contributed by atoms with Crippen LogP contribution in [-0.4, -0.2) is 24.1 Å². The average Bonchev–Trinajstić information content (AvgIpc) is 2.60. The predicted octanol–water partition coefficient (Wildman–Crippen LogP) is 2.94. The number of rotatable bonds is 5. The van der Waals surface area contributed by atoms with Crippen LogP contribution < -0.4 is 10.1 Å². The summed E-state index contributed by atoms with van der Waals surface area (Å²) in [6.45, 7) is 0. The molecule has 6 nitrogen and oxygen atoms in total. The Kier molecular flexibility index (Phi) is 5.32. The molecule has 0 aliphatic heterocycles. The van der Waals surface area contributed by atoms with Crippen molar-refractivity contribution in [1.82, 2.24) is 0 Å². The van der Waals surface area contributed by atoms with Crippen LogP contribution >= 0.6 is 0 Å². The highest BCUT2D eigenvalue weighted by Crippen LogP contribution is 2.21. The van der Waals surface area contributed by atoms with Crippen molar-refractivity contribution in [2.24, 2.45) is 0 Å². The number of aromatic carboxylic acids is 1. The number of nitrogens with zero attached hydrogens (tertiary/aromatic N) is 1. The largest absolute Gasteiger partial charge is 0.496 e. The van der Waals surface area contributed by atoms with E-state index < -0.39 is 11.9 Å². The lowest BCUT2D eigenvalue weighted by Gasteiger charge is -2.08. The number of para-hydroxylation sites is 2. The molecule has 0 bridgehead atoms. The topological polar surface area (TPSA) is 99.4 Å². The molecule has 0 heterocycles. The molecular formula is C18H14N2O4. The van der Waals surface area contributed by atoms with Gasteiger partial charge in [-0.2, -0.15) is 5.26 Å². The van der Waals surface area contributed by atoms with E-state index in [0.29, 0.717) is 11.3 Å². The number of ether oxygens (including phenoxy) is 1. The third-order valence-corrected chi connectivity index (χ3v) is 3.21. The first-order valence-electron chi connectivity index (χ1n) is 6.95. The molecule has 120 valence electrons. The molecule has 0 aromatic heterocycles. The van der Waals surface area contributed by atoms with Crippen molar-refractivity contribution in [2.45, 2.75) is 0 Å². The number of carbonyl (C=O) groups is 2. The Hall–Kier alpha value is -3.59. The standard InChI is InChI=1S/C18H14N2O4/c1-24-16-9-5-2-6-12(16)10-13(11-19)17(21)20-15-8-4-3-7-14(15)18(22)23/h2-10H,1H3,(H,20,21)(H,22,23). The van der Waals surface area contributed by atoms with Crippen molar-refractivity contribution in [3.63, 3.8) is 0 Å². The Morgan fingerprint density at radius 3 is 2.50 bits per heavy atom. The summed E-state index contributed by atoms with van der Waals surface area (Å²) in [7, 11) is 1.49. The van der Waals surface area contributed by atoms with E-state index in [1.165, 1.54) is 25.3 Å². The molecule has 0 atom stereocenters. The van der Waals surface area contributed by atoms with Crippen LogP contribution in [0.1, 0.15) is 15.9 Å². The van der Waals surface area contributed by atoms with Gasteiger partial charge in [-0.25, -0.2) is 4.79 Å². The van der Waals surface area contributed by atoms with Gasteiger partial charge < -0.3 is 15.2 Å². The van der Waals surface area contributed by atoms with Crippen LogP contribution in [0.25, 0.3) is 6.08 Å². The highest BCUT2D eigenvalue weighted by molar-refractivity contribution is 6.11. The first-order valence-corrected chi connectivity index (χ1v) is 6.95. The zero-order valence-electron chi connectivity index (χ0n) is 12.8. The maximum absolute atomic E-state index is 12.3. The SMILES string of the molecule is COc1ccccc1C=C(C#N)C(=O)Nc1ccccc1C(=O)O. The molecule has 0 aliphatic carbocycles. The van der Waals surface area contributed by atoms with Crippen LogP contribution in [0.15, 0.2) is 54.1 Å². The molecule has 2 aromatic rings. The second-order valence-corrected chi connectivity index (χ2v) is 4.72. The van der Waals surface area contributed by atoms with Gasteiger partial charge in [-0.3, -0.25) is 4.79 Å². The van der Waals surface area contributed by atoms with Crippen LogP contribution in [0, 0.1) is 11.3 Å². The van der Waals surface area contributed by atoms with Gasteiger partial charge in [0.05, 0.1) is 18.4 Å². The average molecular weight is 322 g/mol. The zero-order valence-corrected chi connectivity index (χ0v) is 12.8. The van der Waals surface area contributed by atoms with Gasteiger partial charge in [0, 0.05) is 5.56 Å². The summed E-state index contributed by atoms with van der Waals surface area (Å²) in [6.07, 6.45) is 1.39. The zero-order chi connectivity index (χ0) is 17.5. The van der Waals surface area contributed by atoms with Crippen molar-refractivity contribution in [3.05, 3.63) is 65.2 Å². The summed E-state index contributed by atoms with van der Waals surface area (Å²) in [4.78, 5) is 23.5. The number of nitrogens with one attached hydrogen (secondary N) is 1. The number of anilines is 1. The van der Waals surface area contributed by atoms with Crippen molar-refractivity contribution in [1.29, 1.82) is 5.26 Å². The number of carboxylic acids is 1. The van der Waals surface area contributed by atoms with Gasteiger partial charge in [0.1, 0.15) is 17.4 Å². The third kappa shape index (κ3) is 3.78. The van der Waals surface area contributed by atoms with Crippen LogP contribution in [0.3, 0.4) is 0 Å². The lowest BCUT2D eigenvalue weighted by atomic mass is 10.1. The van der Waals surface area contributed by atoms with Crippen LogP contribution in [0.4, 0.5) is 5.69 Å². The van der Waals surface area contributed by atoms with Gasteiger partial charge in [-0.15, -0.1) is 0 Å². The van der Waals surface area contributed by atoms with E-state index in [0.717, 1.165) is 0 Å². The lowest BCUT2D eigenvalue weighted by Crippen LogP contribution is -2.16. The summed E-state index contributed by atoms with van der Waals surface area (Å²) >= 11 is 0. The number of amides is 1. The van der Waals surface area contributed by atoms with Gasteiger partial charge in [0.15, 0.2) is 0 Å². The van der Waals surface area contributed by atoms with E-state index in [-0.39, 0.29) is 16.8 Å². The molecule has 0 unspecified atom stereocenters. The van der Waals surface area contributed by atoms with Crippen LogP contribution in [0.5, 0.6) is 5.75 Å². The Morgan fingerprint density at radius 2 is 1.83 bits per heavy atom. The van der Waals surface area contributed by atoms with Gasteiger partial charge in [0.25, 0.3) is 5.91 Å². The predicted molar refractivity (Wildman–Crippen MR) is 88.6 cm³/mol. The number of hydrogen-bond acceptors (Lipinski definition) is 4. The maximum atomic E-state index is 12.3. The van der Waals surface area contributed by atoms with Gasteiger partial charge in [0.2, 0.25) is 0 Å². The highest BCUT2D eigenvalue weighted by Gasteiger charge is 2.15. The van der Waals surface area contributed by atoms with Crippen molar-refractivity contribution < 1.29 is 19.4 Å². The Balaban J connectivity index is 2.32. The number of carbonyl (C=O) groups excluding carboxylic acids is 1. The second-order valence-electron chi connectivity index (χ2n) is 4.72. The quantitative estimate of drug-likeness (QED) is 0.651. The van der Waals surface area contributed by atoms with Gasteiger partial charge in [-0.1, -0.05) is 30.3 Å². The van der Waals surface area contributed by atoms with E-state index in [4.69, 9.17) is 9.84 Å². The number of hydrogen-bond donors (Lipinski definition) is 2. The van der Waals surface area contributed by atoms with E-state index in [1.807, 2.05) is 6.07 Å². The normalized spacial score (nSPS) is 10.6. The summed E-state index contributed by atoms with van der Waals surface area (Å²) in [5.74, 6) is -1.35. The van der Waals surface area contributed by atoms with Gasteiger partial charge >= 0.3 is 5.97 Å². The minimum absolute atomic E-state index is 0.0552. The van der Waals surface area contributed by atoms with E-state index in [2.05, 4.69) is 5.32 Å². The molecule has 24 heavy (non-hydrogen) atoms. The fourth-order valence-electron chi connectivity index (χ4n) is 2.06.